The van der Waals surface area contributed by atoms with Crippen molar-refractivity contribution in [2.75, 3.05) is 20.3 Å². The first-order chi connectivity index (χ1) is 8.15. The van der Waals surface area contributed by atoms with Crippen molar-refractivity contribution >= 4 is 21.9 Å². The molecule has 1 aromatic rings. The van der Waals surface area contributed by atoms with Gasteiger partial charge in [0, 0.05) is 12.5 Å². The van der Waals surface area contributed by atoms with Gasteiger partial charge in [-0.3, -0.25) is 0 Å². The Bertz CT molecular complexity index is 458. The predicted molar refractivity (Wildman–Crippen MR) is 63.3 cm³/mol. The first-order valence-electron chi connectivity index (χ1n) is 5.04. The Balaban J connectivity index is 2.66. The van der Waals surface area contributed by atoms with Crippen LogP contribution >= 0.6 is 15.9 Å². The van der Waals surface area contributed by atoms with Gasteiger partial charge in [-0.1, -0.05) is 0 Å². The quantitative estimate of drug-likeness (QED) is 0.908. The molecule has 0 aliphatic carbocycles. The Kier molecular flexibility index (Phi) is 3.42. The zero-order valence-corrected chi connectivity index (χ0v) is 10.7. The fourth-order valence-corrected chi connectivity index (χ4v) is 2.22. The second-order valence-electron chi connectivity index (χ2n) is 3.45. The molecule has 1 N–H and O–H groups in total. The molecule has 0 spiro atoms. The summed E-state index contributed by atoms with van der Waals surface area (Å²) >= 11 is 3.26. The molecule has 0 radical (unpaired) electrons. The van der Waals surface area contributed by atoms with E-state index in [2.05, 4.69) is 15.9 Å². The molecule has 92 valence electrons. The largest absolute Gasteiger partial charge is 0.495 e. The van der Waals surface area contributed by atoms with E-state index in [1.54, 1.807) is 6.07 Å². The molecule has 1 aliphatic rings. The molecule has 1 heterocycles. The number of hydrogen-bond donors (Lipinski definition) is 1. The van der Waals surface area contributed by atoms with Gasteiger partial charge >= 0.3 is 5.97 Å². The molecular weight excluding hydrogens is 292 g/mol. The summed E-state index contributed by atoms with van der Waals surface area (Å²) < 4.78 is 16.5. The average molecular weight is 303 g/mol. The fraction of sp³-hybridized carbons (Fsp3) is 0.364. The number of methoxy groups -OCH3 is 1. The van der Waals surface area contributed by atoms with Gasteiger partial charge in [-0.2, -0.15) is 0 Å². The third-order valence-corrected chi connectivity index (χ3v) is 2.95. The highest BCUT2D eigenvalue weighted by Crippen LogP contribution is 2.43. The second kappa shape index (κ2) is 4.83. The fourth-order valence-electron chi connectivity index (χ4n) is 1.65. The number of aromatic carboxylic acids is 1. The number of carboxylic acids is 1. The van der Waals surface area contributed by atoms with Gasteiger partial charge in [-0.05, 0) is 15.9 Å². The predicted octanol–water partition coefficient (Wildman–Crippen LogP) is 2.32. The van der Waals surface area contributed by atoms with Crippen molar-refractivity contribution in [3.8, 4) is 17.2 Å². The average Bonchev–Trinajstić information content (AvgIpc) is 2.51. The lowest BCUT2D eigenvalue weighted by Crippen LogP contribution is -2.06. The van der Waals surface area contributed by atoms with E-state index in [1.807, 2.05) is 0 Å². The minimum atomic E-state index is -1.11. The Morgan fingerprint density at radius 1 is 1.47 bits per heavy atom. The Morgan fingerprint density at radius 3 is 2.82 bits per heavy atom. The van der Waals surface area contributed by atoms with E-state index in [0.717, 1.165) is 0 Å². The van der Waals surface area contributed by atoms with Gasteiger partial charge in [0.25, 0.3) is 0 Å². The van der Waals surface area contributed by atoms with E-state index in [4.69, 9.17) is 14.2 Å². The molecule has 0 aromatic heterocycles. The summed E-state index contributed by atoms with van der Waals surface area (Å²) in [4.78, 5) is 11.3. The molecule has 0 unspecified atom stereocenters. The van der Waals surface area contributed by atoms with Crippen LogP contribution in [0.2, 0.25) is 0 Å². The summed E-state index contributed by atoms with van der Waals surface area (Å²) in [6.45, 7) is 0.933. The second-order valence-corrected chi connectivity index (χ2v) is 4.30. The zero-order chi connectivity index (χ0) is 12.4. The maximum atomic E-state index is 11.3. The maximum Gasteiger partial charge on any atom is 0.343 e. The number of fused-ring (bicyclic) bond motifs is 1. The first-order valence-corrected chi connectivity index (χ1v) is 5.84. The van der Waals surface area contributed by atoms with Crippen LogP contribution < -0.4 is 14.2 Å². The smallest absolute Gasteiger partial charge is 0.343 e. The van der Waals surface area contributed by atoms with E-state index in [-0.39, 0.29) is 17.1 Å². The van der Waals surface area contributed by atoms with Crippen LogP contribution in [0.5, 0.6) is 17.2 Å². The van der Waals surface area contributed by atoms with Crippen molar-refractivity contribution in [3.63, 3.8) is 0 Å². The minimum Gasteiger partial charge on any atom is -0.495 e. The van der Waals surface area contributed by atoms with E-state index in [9.17, 15) is 9.90 Å². The molecular formula is C11H11BrO5. The summed E-state index contributed by atoms with van der Waals surface area (Å²) in [5.74, 6) is -0.214. The van der Waals surface area contributed by atoms with Gasteiger partial charge < -0.3 is 19.3 Å². The van der Waals surface area contributed by atoms with Crippen molar-refractivity contribution in [3.05, 3.63) is 16.1 Å². The summed E-state index contributed by atoms with van der Waals surface area (Å²) in [6.07, 6.45) is 0.716. The summed E-state index contributed by atoms with van der Waals surface area (Å²) in [7, 11) is 1.41. The highest BCUT2D eigenvalue weighted by Gasteiger charge is 2.26. The Labute approximate surface area is 106 Å². The van der Waals surface area contributed by atoms with Crippen LogP contribution in [0.1, 0.15) is 16.8 Å². The standard InChI is InChI=1S/C11H11BrO5/c1-15-9-6(12)5-7-10(8(9)11(13)14)17-4-2-3-16-7/h5H,2-4H2,1H3,(H,13,14). The molecule has 0 atom stereocenters. The van der Waals surface area contributed by atoms with Crippen molar-refractivity contribution in [1.82, 2.24) is 0 Å². The number of halogens is 1. The van der Waals surface area contributed by atoms with Crippen molar-refractivity contribution < 1.29 is 24.1 Å². The summed E-state index contributed by atoms with van der Waals surface area (Å²) in [6, 6.07) is 1.66. The van der Waals surface area contributed by atoms with Crippen LogP contribution in [-0.4, -0.2) is 31.4 Å². The van der Waals surface area contributed by atoms with Gasteiger partial charge in [0.1, 0.15) is 5.56 Å². The molecule has 0 bridgehead atoms. The third-order valence-electron chi connectivity index (χ3n) is 2.36. The normalized spacial score (nSPS) is 14.0. The van der Waals surface area contributed by atoms with Gasteiger partial charge in [-0.15, -0.1) is 0 Å². The van der Waals surface area contributed by atoms with Crippen LogP contribution in [0.3, 0.4) is 0 Å². The molecule has 6 heteroatoms. The molecule has 0 fully saturated rings. The van der Waals surface area contributed by atoms with Gasteiger partial charge in [0.05, 0.1) is 24.8 Å². The monoisotopic (exact) mass is 302 g/mol. The van der Waals surface area contributed by atoms with Crippen molar-refractivity contribution in [2.45, 2.75) is 6.42 Å². The minimum absolute atomic E-state index is 0.0150. The number of ether oxygens (including phenoxy) is 3. The van der Waals surface area contributed by atoms with Crippen LogP contribution in [0.4, 0.5) is 0 Å². The van der Waals surface area contributed by atoms with E-state index in [0.29, 0.717) is 29.9 Å². The highest BCUT2D eigenvalue weighted by atomic mass is 79.9. The molecule has 5 nitrogen and oxygen atoms in total. The zero-order valence-electron chi connectivity index (χ0n) is 9.16. The molecule has 1 aliphatic heterocycles. The number of benzene rings is 1. The van der Waals surface area contributed by atoms with E-state index < -0.39 is 5.97 Å². The Hall–Kier alpha value is -1.43. The summed E-state index contributed by atoms with van der Waals surface area (Å²) in [5.41, 5.74) is -0.0150. The lowest BCUT2D eigenvalue weighted by Gasteiger charge is -2.14. The van der Waals surface area contributed by atoms with Gasteiger partial charge in [0.2, 0.25) is 0 Å². The lowest BCUT2D eigenvalue weighted by molar-refractivity contribution is 0.0688. The molecule has 17 heavy (non-hydrogen) atoms. The topological polar surface area (TPSA) is 65.0 Å². The van der Waals surface area contributed by atoms with Crippen LogP contribution in [0.25, 0.3) is 0 Å². The lowest BCUT2D eigenvalue weighted by atomic mass is 10.1. The van der Waals surface area contributed by atoms with Gasteiger partial charge in [-0.25, -0.2) is 4.79 Å². The number of hydrogen-bond acceptors (Lipinski definition) is 4. The van der Waals surface area contributed by atoms with Crippen LogP contribution in [-0.2, 0) is 0 Å². The van der Waals surface area contributed by atoms with Crippen molar-refractivity contribution in [1.29, 1.82) is 0 Å². The van der Waals surface area contributed by atoms with Crippen molar-refractivity contribution in [2.24, 2.45) is 0 Å². The van der Waals surface area contributed by atoms with Gasteiger partial charge in [0.15, 0.2) is 17.2 Å². The first kappa shape index (κ1) is 12.0. The number of carbonyl (C=O) groups is 1. The third kappa shape index (κ3) is 2.17. The van der Waals surface area contributed by atoms with E-state index >= 15 is 0 Å². The highest BCUT2D eigenvalue weighted by molar-refractivity contribution is 9.10. The summed E-state index contributed by atoms with van der Waals surface area (Å²) in [5, 5.41) is 9.23. The Morgan fingerprint density at radius 2 is 2.18 bits per heavy atom. The SMILES string of the molecule is COc1c(Br)cc2c(c1C(=O)O)OCCCO2. The molecule has 1 aromatic carbocycles. The maximum absolute atomic E-state index is 11.3. The van der Waals surface area contributed by atoms with Crippen LogP contribution in [0.15, 0.2) is 10.5 Å². The molecule has 0 saturated carbocycles. The van der Waals surface area contributed by atoms with E-state index in [1.165, 1.54) is 7.11 Å². The molecule has 2 rings (SSSR count). The molecule has 0 amide bonds. The van der Waals surface area contributed by atoms with Crippen LogP contribution in [0, 0.1) is 0 Å². The number of carboxylic acid groups (broad SMARTS) is 1. The molecule has 0 saturated heterocycles. The number of rotatable bonds is 2.